The highest BCUT2D eigenvalue weighted by Crippen LogP contribution is 2.67. The number of Topliss-reactive ketones (excluding diaryl/α,β-unsaturated/α-hetero) is 1. The summed E-state index contributed by atoms with van der Waals surface area (Å²) in [4.78, 5) is 63.2. The van der Waals surface area contributed by atoms with Gasteiger partial charge in [-0.25, -0.2) is 10.0 Å². The van der Waals surface area contributed by atoms with E-state index in [0.29, 0.717) is 18.4 Å². The van der Waals surface area contributed by atoms with E-state index in [4.69, 9.17) is 9.47 Å². The Hall–Kier alpha value is -3.95. The number of aromatic hydroxyl groups is 1. The number of aliphatic hydroxyl groups is 2. The smallest absolute Gasteiger partial charge is 0.328 e. The van der Waals surface area contributed by atoms with Crippen LogP contribution in [-0.2, 0) is 39.9 Å². The molecule has 14 heteroatoms. The lowest BCUT2D eigenvalue weighted by Gasteiger charge is -2.59. The zero-order chi connectivity index (χ0) is 35.9. The maximum atomic E-state index is 13.5. The maximum absolute atomic E-state index is 13.5. The first-order valence-electron chi connectivity index (χ1n) is 16.5. The summed E-state index contributed by atoms with van der Waals surface area (Å²) < 4.78 is 9.94. The van der Waals surface area contributed by atoms with Gasteiger partial charge in [-0.05, 0) is 67.7 Å². The Morgan fingerprint density at radius 1 is 1.16 bits per heavy atom. The van der Waals surface area contributed by atoms with Crippen LogP contribution in [0.5, 0.6) is 5.75 Å². The number of fused-ring (bicyclic) bond motifs is 5. The molecule has 0 bridgehead atoms. The number of quaternary nitrogens is 1. The predicted molar refractivity (Wildman–Crippen MR) is 170 cm³/mol. The number of carbonyl (C=O) groups excluding carboxylic acids is 5. The molecule has 3 fully saturated rings. The molecule has 6 N–H and O–H groups in total. The molecule has 0 spiro atoms. The number of esters is 2. The Morgan fingerprint density at radius 2 is 1.90 bits per heavy atom. The van der Waals surface area contributed by atoms with E-state index in [1.165, 1.54) is 12.1 Å². The van der Waals surface area contributed by atoms with E-state index in [1.807, 2.05) is 19.9 Å². The van der Waals surface area contributed by atoms with Crippen molar-refractivity contribution in [3.8, 4) is 5.75 Å². The van der Waals surface area contributed by atoms with Crippen LogP contribution in [0.25, 0.3) is 0 Å². The first-order chi connectivity index (χ1) is 23.0. The van der Waals surface area contributed by atoms with E-state index in [0.717, 1.165) is 25.2 Å². The summed E-state index contributed by atoms with van der Waals surface area (Å²) >= 11 is 0. The van der Waals surface area contributed by atoms with Gasteiger partial charge in [-0.2, -0.15) is 5.23 Å². The molecule has 0 aliphatic heterocycles. The molecule has 49 heavy (non-hydrogen) atoms. The fourth-order valence-corrected chi connectivity index (χ4v) is 9.06. The molecule has 4 aliphatic rings. The molecule has 2 unspecified atom stereocenters. The number of ketones is 2. The van der Waals surface area contributed by atoms with Crippen molar-refractivity contribution in [2.45, 2.75) is 83.0 Å². The average molecular weight is 685 g/mol. The SMILES string of the molecule is COC(=O)C(Cc1ccc(O)c([NH+]([O-])O)c1)NC(=O)CCC(=O)OCC(=O)[C@@]1(O)CC[C@H]2[C@@H]3CCC4=CC(=O)C=C[C@]4(C)[C@H]3[C@@H](O)C[C@@]21C. The van der Waals surface area contributed by atoms with Crippen LogP contribution >= 0.6 is 0 Å². The highest BCUT2D eigenvalue weighted by molar-refractivity contribution is 6.01. The van der Waals surface area contributed by atoms with Gasteiger partial charge < -0.3 is 35.3 Å². The number of allylic oxidation sites excluding steroid dienone is 4. The van der Waals surface area contributed by atoms with Crippen molar-refractivity contribution < 1.29 is 59.2 Å². The van der Waals surface area contributed by atoms with Crippen LogP contribution in [0.15, 0.2) is 42.0 Å². The molecule has 14 nitrogen and oxygen atoms in total. The minimum Gasteiger partial charge on any atom is -0.595 e. The van der Waals surface area contributed by atoms with Crippen LogP contribution in [0.4, 0.5) is 5.69 Å². The number of ether oxygens (including phenoxy) is 2. The third kappa shape index (κ3) is 6.67. The molecule has 0 heterocycles. The van der Waals surface area contributed by atoms with Gasteiger partial charge in [0.1, 0.15) is 11.6 Å². The van der Waals surface area contributed by atoms with Crippen LogP contribution < -0.4 is 10.5 Å². The van der Waals surface area contributed by atoms with Crippen molar-refractivity contribution >= 4 is 35.1 Å². The summed E-state index contributed by atoms with van der Waals surface area (Å²) in [5, 5.41) is 54.8. The minimum absolute atomic E-state index is 0.0127. The highest BCUT2D eigenvalue weighted by atomic mass is 16.8. The van der Waals surface area contributed by atoms with Gasteiger partial charge in [0.15, 0.2) is 18.1 Å². The van der Waals surface area contributed by atoms with Gasteiger partial charge in [-0.1, -0.05) is 31.6 Å². The molecule has 9 atom stereocenters. The van der Waals surface area contributed by atoms with E-state index >= 15 is 0 Å². The van der Waals surface area contributed by atoms with Gasteiger partial charge in [-0.15, -0.1) is 0 Å². The molecule has 0 saturated heterocycles. The normalized spacial score (nSPS) is 32.9. The van der Waals surface area contributed by atoms with Crippen LogP contribution in [0, 0.1) is 33.8 Å². The minimum atomic E-state index is -1.83. The lowest BCUT2D eigenvalue weighted by molar-refractivity contribution is -0.991. The number of carbonyl (C=O) groups is 5. The van der Waals surface area contributed by atoms with Gasteiger partial charge >= 0.3 is 11.9 Å². The molecule has 1 aromatic carbocycles. The summed E-state index contributed by atoms with van der Waals surface area (Å²) in [6.45, 7) is 3.15. The largest absolute Gasteiger partial charge is 0.595 e. The Balaban J connectivity index is 1.16. The van der Waals surface area contributed by atoms with Crippen LogP contribution in [-0.4, -0.2) is 81.4 Å². The standard InChI is InChI=1S/C35H44N2O12/c1-33-12-10-21(38)16-20(33)5-6-22-23-11-13-35(45,34(23,2)17-27(40)31(22)33)28(41)18-49-30(43)9-8-29(42)36-24(32(44)48-3)14-19-4-7-26(39)25(15-19)37(46)47/h4,7,10,12,15-16,22-24,27,31,37,39-40,45-46H,5-6,8-9,11,13-14,17-18H2,1-3H3,(H,36,42)/t22-,23-,24?,27-,31+,33-,34-,35-/m0/s1. The second-order valence-electron chi connectivity index (χ2n) is 14.2. The molecule has 3 saturated carbocycles. The Morgan fingerprint density at radius 3 is 2.59 bits per heavy atom. The van der Waals surface area contributed by atoms with Crippen molar-refractivity contribution in [3.05, 3.63) is 52.8 Å². The number of phenols is 1. The van der Waals surface area contributed by atoms with E-state index in [9.17, 15) is 49.7 Å². The molecule has 4 aliphatic carbocycles. The van der Waals surface area contributed by atoms with E-state index in [-0.39, 0.29) is 48.5 Å². The number of hydrogen-bond donors (Lipinski definition) is 6. The Labute approximate surface area is 283 Å². The molecular formula is C35H44N2O12. The van der Waals surface area contributed by atoms with E-state index in [1.54, 1.807) is 12.2 Å². The van der Waals surface area contributed by atoms with Crippen LogP contribution in [0.2, 0.25) is 0 Å². The number of methoxy groups -OCH3 is 1. The number of amides is 1. The summed E-state index contributed by atoms with van der Waals surface area (Å²) in [7, 11) is 1.11. The van der Waals surface area contributed by atoms with E-state index < -0.39 is 82.6 Å². The van der Waals surface area contributed by atoms with Crippen molar-refractivity contribution in [2.24, 2.45) is 28.6 Å². The Bertz CT molecular complexity index is 1590. The van der Waals surface area contributed by atoms with Crippen molar-refractivity contribution in [1.29, 1.82) is 0 Å². The number of benzene rings is 1. The van der Waals surface area contributed by atoms with Crippen molar-refractivity contribution in [1.82, 2.24) is 5.32 Å². The zero-order valence-electron chi connectivity index (χ0n) is 27.8. The van der Waals surface area contributed by atoms with Gasteiger partial charge in [0, 0.05) is 35.7 Å². The number of rotatable bonds is 11. The van der Waals surface area contributed by atoms with Crippen molar-refractivity contribution in [2.75, 3.05) is 13.7 Å². The topological polar surface area (TPSA) is 224 Å². The summed E-state index contributed by atoms with van der Waals surface area (Å²) in [6.07, 6.45) is 5.58. The quantitative estimate of drug-likeness (QED) is 0.109. The second kappa shape index (κ2) is 13.8. The third-order valence-corrected chi connectivity index (χ3v) is 11.6. The molecular weight excluding hydrogens is 640 g/mol. The molecule has 1 aromatic rings. The fraction of sp³-hybridized carbons (Fsp3) is 0.571. The molecule has 0 aromatic heterocycles. The van der Waals surface area contributed by atoms with Gasteiger partial charge in [0.05, 0.1) is 19.6 Å². The average Bonchev–Trinajstić information content (AvgIpc) is 3.33. The second-order valence-corrected chi connectivity index (χ2v) is 14.2. The summed E-state index contributed by atoms with van der Waals surface area (Å²) in [5.41, 5.74) is -2.34. The first kappa shape index (κ1) is 36.3. The molecule has 5 rings (SSSR count). The predicted octanol–water partition coefficient (Wildman–Crippen LogP) is 0.898. The molecule has 266 valence electrons. The van der Waals surface area contributed by atoms with Crippen molar-refractivity contribution in [3.63, 3.8) is 0 Å². The first-order valence-corrected chi connectivity index (χ1v) is 16.5. The summed E-state index contributed by atoms with van der Waals surface area (Å²) in [5.74, 6) is -3.81. The summed E-state index contributed by atoms with van der Waals surface area (Å²) in [6, 6.07) is 2.50. The fourth-order valence-electron chi connectivity index (χ4n) is 9.06. The Kier molecular flexibility index (Phi) is 10.2. The zero-order valence-corrected chi connectivity index (χ0v) is 27.8. The third-order valence-electron chi connectivity index (χ3n) is 11.6. The number of nitrogens with one attached hydrogen (secondary N) is 2. The lowest BCUT2D eigenvalue weighted by Crippen LogP contribution is -2.99. The number of phenolic OH excluding ortho intramolecular Hbond substituents is 1. The maximum Gasteiger partial charge on any atom is 0.328 e. The van der Waals surface area contributed by atoms with Crippen LogP contribution in [0.1, 0.15) is 64.4 Å². The number of aliphatic hydroxyl groups excluding tert-OH is 1. The molecule has 1 amide bonds. The highest BCUT2D eigenvalue weighted by Gasteiger charge is 2.68. The van der Waals surface area contributed by atoms with Gasteiger partial charge in [0.2, 0.25) is 17.4 Å². The monoisotopic (exact) mass is 684 g/mol. The van der Waals surface area contributed by atoms with Crippen LogP contribution in [0.3, 0.4) is 0 Å². The lowest BCUT2D eigenvalue weighted by atomic mass is 9.46. The molecule has 0 radical (unpaired) electrons. The van der Waals surface area contributed by atoms with Gasteiger partial charge in [0.25, 0.3) is 0 Å². The number of hydrogen-bond acceptors (Lipinski definition) is 12. The van der Waals surface area contributed by atoms with Gasteiger partial charge in [-0.3, -0.25) is 19.2 Å². The van der Waals surface area contributed by atoms with E-state index in [2.05, 4.69) is 5.32 Å².